The molecule has 12 heteroatoms. The van der Waals surface area contributed by atoms with Crippen LogP contribution in [0.5, 0.6) is 0 Å². The zero-order valence-electron chi connectivity index (χ0n) is 17.7. The van der Waals surface area contributed by atoms with Crippen LogP contribution in [0.4, 0.5) is 43.5 Å². The Morgan fingerprint density at radius 1 is 0.912 bits per heavy atom. The van der Waals surface area contributed by atoms with Crippen LogP contribution in [0.3, 0.4) is 0 Å². The zero-order valence-corrected chi connectivity index (χ0v) is 17.7. The summed E-state index contributed by atoms with van der Waals surface area (Å²) >= 11 is 0. The number of aromatic amines is 1. The van der Waals surface area contributed by atoms with Crippen molar-refractivity contribution in [2.75, 3.05) is 16.5 Å². The highest BCUT2D eigenvalue weighted by atomic mass is 19.4. The van der Waals surface area contributed by atoms with E-state index >= 15 is 0 Å². The van der Waals surface area contributed by atoms with Gasteiger partial charge >= 0.3 is 12.4 Å². The van der Waals surface area contributed by atoms with Gasteiger partial charge in [0.05, 0.1) is 22.4 Å². The van der Waals surface area contributed by atoms with Gasteiger partial charge in [0.1, 0.15) is 12.5 Å². The molecule has 1 aliphatic heterocycles. The molecule has 1 N–H and O–H groups in total. The van der Waals surface area contributed by atoms with Crippen LogP contribution in [-0.2, 0) is 12.4 Å². The molecule has 6 nitrogen and oxygen atoms in total. The number of H-pyrrole nitrogens is 1. The third-order valence-electron chi connectivity index (χ3n) is 5.49. The third kappa shape index (κ3) is 3.99. The minimum absolute atomic E-state index is 0.0166. The molecule has 34 heavy (non-hydrogen) atoms. The third-order valence-corrected chi connectivity index (χ3v) is 5.49. The Morgan fingerprint density at radius 3 is 2.24 bits per heavy atom. The number of nitrogens with zero attached hydrogens (tertiary/aromatic N) is 3. The van der Waals surface area contributed by atoms with E-state index in [1.807, 2.05) is 0 Å². The number of aryl methyl sites for hydroxylation is 1. The standard InChI is InChI=1S/C22H16F6N4O2/c1-11-15(22(26,27)28)4-3-5-16(11)31-10-32(17-6-7-18(33)30-12(17)2)20(34)14-8-13(21(23,24)25)9-29-19(14)31/h3-9H,10H2,1-2H3,(H,30,33). The molecule has 0 spiro atoms. The second kappa shape index (κ2) is 7.89. The Hall–Kier alpha value is -3.83. The Balaban J connectivity index is 1.95. The van der Waals surface area contributed by atoms with Crippen LogP contribution in [0.2, 0.25) is 0 Å². The van der Waals surface area contributed by atoms with E-state index in [2.05, 4.69) is 9.97 Å². The Kier molecular flexibility index (Phi) is 5.41. The minimum atomic E-state index is -4.80. The molecule has 4 rings (SSSR count). The summed E-state index contributed by atoms with van der Waals surface area (Å²) in [4.78, 5) is 33.5. The predicted molar refractivity (Wildman–Crippen MR) is 111 cm³/mol. The quantitative estimate of drug-likeness (QED) is 0.511. The number of alkyl halides is 6. The molecule has 1 aromatic carbocycles. The summed E-state index contributed by atoms with van der Waals surface area (Å²) in [6.45, 7) is 2.37. The van der Waals surface area contributed by atoms with Gasteiger partial charge < -0.3 is 9.88 Å². The van der Waals surface area contributed by atoms with Gasteiger partial charge in [0.25, 0.3) is 5.91 Å². The van der Waals surface area contributed by atoms with Crippen molar-refractivity contribution in [3.63, 3.8) is 0 Å². The van der Waals surface area contributed by atoms with Crippen LogP contribution in [0.25, 0.3) is 0 Å². The maximum atomic E-state index is 13.5. The lowest BCUT2D eigenvalue weighted by molar-refractivity contribution is -0.138. The van der Waals surface area contributed by atoms with Crippen molar-refractivity contribution in [3.8, 4) is 0 Å². The molecule has 1 amide bonds. The Bertz CT molecular complexity index is 1350. The van der Waals surface area contributed by atoms with Crippen molar-refractivity contribution in [2.24, 2.45) is 0 Å². The molecule has 178 valence electrons. The fourth-order valence-electron chi connectivity index (χ4n) is 3.86. The number of pyridine rings is 2. The van der Waals surface area contributed by atoms with Crippen molar-refractivity contribution in [2.45, 2.75) is 26.2 Å². The highest BCUT2D eigenvalue weighted by Crippen LogP contribution is 2.41. The van der Waals surface area contributed by atoms with Crippen molar-refractivity contribution < 1.29 is 31.1 Å². The van der Waals surface area contributed by atoms with Gasteiger partial charge in [0.15, 0.2) is 0 Å². The number of amides is 1. The summed E-state index contributed by atoms with van der Waals surface area (Å²) in [6, 6.07) is 6.49. The first kappa shape index (κ1) is 23.3. The van der Waals surface area contributed by atoms with Gasteiger partial charge in [-0.1, -0.05) is 6.07 Å². The molecule has 0 atom stereocenters. The average molecular weight is 482 g/mol. The molecule has 0 unspecified atom stereocenters. The summed E-state index contributed by atoms with van der Waals surface area (Å²) in [5.41, 5.74) is -2.74. The van der Waals surface area contributed by atoms with E-state index in [1.54, 1.807) is 0 Å². The summed E-state index contributed by atoms with van der Waals surface area (Å²) in [5, 5.41) is 0. The summed E-state index contributed by atoms with van der Waals surface area (Å²) in [6.07, 6.45) is -8.93. The topological polar surface area (TPSA) is 69.3 Å². The lowest BCUT2D eigenvalue weighted by Crippen LogP contribution is -2.46. The van der Waals surface area contributed by atoms with Crippen molar-refractivity contribution >= 4 is 23.1 Å². The molecule has 0 saturated heterocycles. The number of fused-ring (bicyclic) bond motifs is 1. The number of anilines is 3. The molecule has 0 bridgehead atoms. The van der Waals surface area contributed by atoms with Crippen LogP contribution in [0, 0.1) is 13.8 Å². The average Bonchev–Trinajstić information content (AvgIpc) is 2.73. The normalized spacial score (nSPS) is 14.4. The molecule has 0 aliphatic carbocycles. The highest BCUT2D eigenvalue weighted by Gasteiger charge is 2.39. The number of rotatable bonds is 2. The maximum absolute atomic E-state index is 13.5. The van der Waals surface area contributed by atoms with Crippen LogP contribution >= 0.6 is 0 Å². The van der Waals surface area contributed by atoms with E-state index < -0.39 is 40.5 Å². The van der Waals surface area contributed by atoms with E-state index in [4.69, 9.17) is 0 Å². The molecule has 3 aromatic rings. The van der Waals surface area contributed by atoms with Gasteiger partial charge in [0, 0.05) is 23.6 Å². The van der Waals surface area contributed by atoms with E-state index in [-0.39, 0.29) is 35.1 Å². The number of benzene rings is 1. The number of aromatic nitrogens is 2. The molecular formula is C22H16F6N4O2. The highest BCUT2D eigenvalue weighted by molar-refractivity contribution is 6.12. The number of hydrogen-bond donors (Lipinski definition) is 1. The summed E-state index contributed by atoms with van der Waals surface area (Å²) in [5.74, 6) is -1.05. The fraction of sp³-hybridized carbons (Fsp3) is 0.227. The van der Waals surface area contributed by atoms with E-state index in [0.29, 0.717) is 12.3 Å². The molecule has 2 aromatic heterocycles. The first-order chi connectivity index (χ1) is 15.8. The number of nitrogens with one attached hydrogen (secondary N) is 1. The minimum Gasteiger partial charge on any atom is -0.324 e. The predicted octanol–water partition coefficient (Wildman–Crippen LogP) is 5.18. The second-order valence-corrected chi connectivity index (χ2v) is 7.68. The van der Waals surface area contributed by atoms with Crippen LogP contribution in [0.15, 0.2) is 47.4 Å². The molecular weight excluding hydrogens is 466 g/mol. The molecule has 0 fully saturated rings. The molecule has 0 radical (unpaired) electrons. The van der Waals surface area contributed by atoms with Gasteiger partial charge in [-0.25, -0.2) is 4.98 Å². The Morgan fingerprint density at radius 2 is 1.62 bits per heavy atom. The van der Waals surface area contributed by atoms with Crippen molar-refractivity contribution in [3.05, 3.63) is 80.9 Å². The number of carbonyl (C=O) groups is 1. The number of hydrogen-bond acceptors (Lipinski definition) is 4. The molecule has 1 aliphatic rings. The van der Waals surface area contributed by atoms with E-state index in [9.17, 15) is 35.9 Å². The monoisotopic (exact) mass is 482 g/mol. The smallest absolute Gasteiger partial charge is 0.324 e. The van der Waals surface area contributed by atoms with Crippen LogP contribution < -0.4 is 15.4 Å². The molecule has 3 heterocycles. The van der Waals surface area contributed by atoms with Gasteiger partial charge in [-0.05, 0) is 43.7 Å². The maximum Gasteiger partial charge on any atom is 0.417 e. The first-order valence-corrected chi connectivity index (χ1v) is 9.82. The van der Waals surface area contributed by atoms with Crippen molar-refractivity contribution in [1.29, 1.82) is 0 Å². The summed E-state index contributed by atoms with van der Waals surface area (Å²) < 4.78 is 80.6. The van der Waals surface area contributed by atoms with Gasteiger partial charge in [-0.2, -0.15) is 26.3 Å². The zero-order chi connectivity index (χ0) is 25.0. The van der Waals surface area contributed by atoms with Crippen molar-refractivity contribution in [1.82, 2.24) is 9.97 Å². The second-order valence-electron chi connectivity index (χ2n) is 7.68. The largest absolute Gasteiger partial charge is 0.417 e. The lowest BCUT2D eigenvalue weighted by Gasteiger charge is -2.38. The number of halogens is 6. The van der Waals surface area contributed by atoms with Gasteiger partial charge in [-0.3, -0.25) is 14.5 Å². The SMILES string of the molecule is Cc1[nH]c(=O)ccc1N1CN(c2cccc(C(F)(F)F)c2C)c2ncc(C(F)(F)F)cc2C1=O. The molecule has 0 saturated carbocycles. The van der Waals surface area contributed by atoms with Crippen LogP contribution in [-0.4, -0.2) is 22.5 Å². The van der Waals surface area contributed by atoms with E-state index in [1.165, 1.54) is 36.9 Å². The van der Waals surface area contributed by atoms with Crippen LogP contribution in [0.1, 0.15) is 32.7 Å². The fourth-order valence-corrected chi connectivity index (χ4v) is 3.86. The summed E-state index contributed by atoms with van der Waals surface area (Å²) in [7, 11) is 0. The van der Waals surface area contributed by atoms with E-state index in [0.717, 1.165) is 17.0 Å². The van der Waals surface area contributed by atoms with Gasteiger partial charge in [-0.15, -0.1) is 0 Å². The lowest BCUT2D eigenvalue weighted by atomic mass is 10.0. The van der Waals surface area contributed by atoms with Gasteiger partial charge in [0.2, 0.25) is 5.56 Å². The first-order valence-electron chi connectivity index (χ1n) is 9.82. The number of carbonyl (C=O) groups excluding carboxylic acids is 1. The Labute approximate surface area is 188 Å².